The van der Waals surface area contributed by atoms with Crippen molar-refractivity contribution in [3.63, 3.8) is 0 Å². The molecule has 22 heavy (non-hydrogen) atoms. The van der Waals surface area contributed by atoms with Gasteiger partial charge in [-0.3, -0.25) is 0 Å². The van der Waals surface area contributed by atoms with Gasteiger partial charge < -0.3 is 9.13 Å². The molecule has 2 aromatic rings. The summed E-state index contributed by atoms with van der Waals surface area (Å²) in [7, 11) is 0. The third kappa shape index (κ3) is 2.27. The monoisotopic (exact) mass is 336 g/mol. The molecule has 0 radical (unpaired) electrons. The molecule has 0 bridgehead atoms. The lowest BCUT2D eigenvalue weighted by molar-refractivity contribution is 0.744. The van der Waals surface area contributed by atoms with Crippen LogP contribution in [0.25, 0.3) is 0 Å². The van der Waals surface area contributed by atoms with Gasteiger partial charge in [0.1, 0.15) is 23.0 Å². The Morgan fingerprint density at radius 1 is 0.818 bits per heavy atom. The number of hydrogen-bond acceptors (Lipinski definition) is 4. The van der Waals surface area contributed by atoms with Gasteiger partial charge in [-0.05, 0) is 12.8 Å². The number of fused-ring (bicyclic) bond motifs is 2. The standard InChI is InChI=1S/C14H14Cl2N6/c15-13-9(21-5-1-3-11(21)19-13)7-17-18-8-10-14(16)20-12-4-2-6-22(10)12/h7-8H,1-6H2. The number of hydrogen-bond donors (Lipinski definition) is 0. The normalized spacial score (nSPS) is 17.0. The van der Waals surface area contributed by atoms with E-state index in [1.54, 1.807) is 12.4 Å². The Hall–Kier alpha value is -1.66. The van der Waals surface area contributed by atoms with Gasteiger partial charge >= 0.3 is 0 Å². The molecule has 0 atom stereocenters. The highest BCUT2D eigenvalue weighted by molar-refractivity contribution is 6.32. The van der Waals surface area contributed by atoms with Crippen LogP contribution >= 0.6 is 23.2 Å². The largest absolute Gasteiger partial charge is 0.326 e. The molecule has 6 nitrogen and oxygen atoms in total. The average Bonchev–Trinajstić information content (AvgIpc) is 3.20. The molecule has 4 rings (SSSR count). The van der Waals surface area contributed by atoms with Crippen LogP contribution in [0.2, 0.25) is 10.3 Å². The minimum atomic E-state index is 0.483. The number of nitrogens with zero attached hydrogens (tertiary/aromatic N) is 6. The summed E-state index contributed by atoms with van der Waals surface area (Å²) in [4.78, 5) is 8.66. The lowest BCUT2D eigenvalue weighted by Crippen LogP contribution is -1.99. The predicted molar refractivity (Wildman–Crippen MR) is 86.3 cm³/mol. The fourth-order valence-corrected chi connectivity index (χ4v) is 3.55. The van der Waals surface area contributed by atoms with Crippen molar-refractivity contribution in [1.82, 2.24) is 19.1 Å². The number of aromatic nitrogens is 4. The van der Waals surface area contributed by atoms with Crippen molar-refractivity contribution >= 4 is 35.6 Å². The Balaban J connectivity index is 1.56. The zero-order chi connectivity index (χ0) is 15.1. The lowest BCUT2D eigenvalue weighted by atomic mass is 10.4. The second-order valence-corrected chi connectivity index (χ2v) is 6.12. The summed E-state index contributed by atoms with van der Waals surface area (Å²) >= 11 is 12.3. The van der Waals surface area contributed by atoms with E-state index in [1.165, 1.54) is 0 Å². The molecule has 0 saturated carbocycles. The zero-order valence-electron chi connectivity index (χ0n) is 11.8. The Morgan fingerprint density at radius 2 is 1.27 bits per heavy atom. The van der Waals surface area contributed by atoms with Gasteiger partial charge in [-0.25, -0.2) is 9.97 Å². The first-order valence-corrected chi connectivity index (χ1v) is 8.06. The first kappa shape index (κ1) is 14.0. The van der Waals surface area contributed by atoms with E-state index in [1.807, 2.05) is 0 Å². The van der Waals surface area contributed by atoms with Crippen molar-refractivity contribution < 1.29 is 0 Å². The first-order chi connectivity index (χ1) is 10.7. The van der Waals surface area contributed by atoms with Crippen LogP contribution in [0.15, 0.2) is 10.2 Å². The van der Waals surface area contributed by atoms with E-state index < -0.39 is 0 Å². The average molecular weight is 337 g/mol. The molecule has 2 aliphatic rings. The molecule has 2 aromatic heterocycles. The molecule has 114 valence electrons. The highest BCUT2D eigenvalue weighted by atomic mass is 35.5. The Bertz CT molecular complexity index is 720. The molecule has 2 aliphatic heterocycles. The third-order valence-electron chi connectivity index (χ3n) is 4.07. The van der Waals surface area contributed by atoms with Crippen molar-refractivity contribution in [2.24, 2.45) is 10.2 Å². The Morgan fingerprint density at radius 3 is 1.73 bits per heavy atom. The van der Waals surface area contributed by atoms with Gasteiger partial charge in [0.2, 0.25) is 0 Å². The molecular formula is C14H14Cl2N6. The van der Waals surface area contributed by atoms with Crippen LogP contribution in [0, 0.1) is 0 Å². The van der Waals surface area contributed by atoms with Crippen LogP contribution in [0.1, 0.15) is 35.9 Å². The topological polar surface area (TPSA) is 60.4 Å². The molecule has 8 heteroatoms. The van der Waals surface area contributed by atoms with Gasteiger partial charge in [-0.2, -0.15) is 10.2 Å². The van der Waals surface area contributed by atoms with E-state index in [4.69, 9.17) is 23.2 Å². The van der Waals surface area contributed by atoms with Crippen molar-refractivity contribution in [3.8, 4) is 0 Å². The predicted octanol–water partition coefficient (Wildman–Crippen LogP) is 2.73. The van der Waals surface area contributed by atoms with Crippen LogP contribution in [0.4, 0.5) is 0 Å². The number of aryl methyl sites for hydroxylation is 2. The van der Waals surface area contributed by atoms with Crippen LogP contribution in [0.5, 0.6) is 0 Å². The minimum Gasteiger partial charge on any atom is -0.326 e. The van der Waals surface area contributed by atoms with Crippen LogP contribution in [-0.4, -0.2) is 31.5 Å². The summed E-state index contributed by atoms with van der Waals surface area (Å²) in [5.41, 5.74) is 1.63. The maximum atomic E-state index is 6.13. The molecule has 0 amide bonds. The molecule has 4 heterocycles. The van der Waals surface area contributed by atoms with E-state index in [9.17, 15) is 0 Å². The fourth-order valence-electron chi connectivity index (χ4n) is 3.06. The van der Waals surface area contributed by atoms with E-state index in [-0.39, 0.29) is 0 Å². The van der Waals surface area contributed by atoms with E-state index in [0.717, 1.165) is 61.8 Å². The molecule has 0 aliphatic carbocycles. The second-order valence-electron chi connectivity index (χ2n) is 5.41. The maximum Gasteiger partial charge on any atom is 0.156 e. The summed E-state index contributed by atoms with van der Waals surface area (Å²) in [5.74, 6) is 2.04. The van der Waals surface area contributed by atoms with Crippen molar-refractivity contribution in [2.45, 2.75) is 38.8 Å². The smallest absolute Gasteiger partial charge is 0.156 e. The van der Waals surface area contributed by atoms with E-state index >= 15 is 0 Å². The molecule has 0 unspecified atom stereocenters. The third-order valence-corrected chi connectivity index (χ3v) is 4.63. The first-order valence-electron chi connectivity index (χ1n) is 7.30. The van der Waals surface area contributed by atoms with E-state index in [2.05, 4.69) is 29.3 Å². The van der Waals surface area contributed by atoms with Crippen LogP contribution < -0.4 is 0 Å². The van der Waals surface area contributed by atoms with Crippen molar-refractivity contribution in [3.05, 3.63) is 33.3 Å². The zero-order valence-corrected chi connectivity index (χ0v) is 13.3. The van der Waals surface area contributed by atoms with Crippen molar-refractivity contribution in [1.29, 1.82) is 0 Å². The summed E-state index contributed by atoms with van der Waals surface area (Å²) in [6.45, 7) is 1.87. The van der Waals surface area contributed by atoms with Crippen LogP contribution in [-0.2, 0) is 25.9 Å². The van der Waals surface area contributed by atoms with Crippen molar-refractivity contribution in [2.75, 3.05) is 0 Å². The van der Waals surface area contributed by atoms with Gasteiger partial charge in [0.15, 0.2) is 10.3 Å². The molecule has 0 fully saturated rings. The molecular weight excluding hydrogens is 323 g/mol. The minimum absolute atomic E-state index is 0.483. The van der Waals surface area contributed by atoms with Gasteiger partial charge in [-0.1, -0.05) is 23.2 Å². The summed E-state index contributed by atoms with van der Waals surface area (Å²) in [6, 6.07) is 0. The van der Waals surface area contributed by atoms with Gasteiger partial charge in [0.25, 0.3) is 0 Å². The molecule has 0 spiro atoms. The maximum absolute atomic E-state index is 6.13. The van der Waals surface area contributed by atoms with Gasteiger partial charge in [0, 0.05) is 25.9 Å². The molecule has 0 aromatic carbocycles. The quantitative estimate of drug-likeness (QED) is 0.639. The lowest BCUT2D eigenvalue weighted by Gasteiger charge is -1.99. The Kier molecular flexibility index (Phi) is 3.50. The highest BCUT2D eigenvalue weighted by Gasteiger charge is 2.19. The van der Waals surface area contributed by atoms with Gasteiger partial charge in [-0.15, -0.1) is 0 Å². The summed E-state index contributed by atoms with van der Waals surface area (Å²) in [6.07, 6.45) is 7.43. The number of halogens is 2. The summed E-state index contributed by atoms with van der Waals surface area (Å²) < 4.78 is 4.18. The van der Waals surface area contributed by atoms with Crippen LogP contribution in [0.3, 0.4) is 0 Å². The SMILES string of the molecule is Clc1nc2n(c1C=NN=Cc1c(Cl)nc3n1CCC3)CCC2. The number of imidazole rings is 2. The highest BCUT2D eigenvalue weighted by Crippen LogP contribution is 2.23. The second kappa shape index (κ2) is 5.52. The molecule has 0 saturated heterocycles. The number of rotatable bonds is 3. The Labute approximate surface area is 137 Å². The van der Waals surface area contributed by atoms with E-state index in [0.29, 0.717) is 10.3 Å². The fraction of sp³-hybridized carbons (Fsp3) is 0.429. The summed E-state index contributed by atoms with van der Waals surface area (Å²) in [5, 5.41) is 9.15. The molecule has 0 N–H and O–H groups in total. The van der Waals surface area contributed by atoms with Gasteiger partial charge in [0.05, 0.1) is 12.4 Å².